The Morgan fingerprint density at radius 1 is 1.18 bits per heavy atom. The van der Waals surface area contributed by atoms with Gasteiger partial charge in [0.05, 0.1) is 6.61 Å². The number of aromatic nitrogens is 2. The summed E-state index contributed by atoms with van der Waals surface area (Å²) in [7, 11) is 0. The van der Waals surface area contributed by atoms with E-state index in [0.717, 1.165) is 5.56 Å². The Morgan fingerprint density at radius 2 is 1.76 bits per heavy atom. The van der Waals surface area contributed by atoms with Crippen LogP contribution in [-0.4, -0.2) is 29.8 Å². The van der Waals surface area contributed by atoms with Crippen LogP contribution in [0.15, 0.2) is 12.4 Å². The Balaban J connectivity index is 2.41. The van der Waals surface area contributed by atoms with Crippen molar-refractivity contribution in [1.82, 2.24) is 9.97 Å². The summed E-state index contributed by atoms with van der Waals surface area (Å²) < 4.78 is 32.3. The maximum Gasteiger partial charge on any atom is 0.345 e. The van der Waals surface area contributed by atoms with Crippen molar-refractivity contribution in [2.45, 2.75) is 32.8 Å². The Labute approximate surface area is 99.0 Å². The van der Waals surface area contributed by atoms with Gasteiger partial charge in [-0.3, -0.25) is 0 Å². The molecule has 0 N–H and O–H groups in total. The minimum atomic E-state index is -2.78. The van der Waals surface area contributed by atoms with Crippen LogP contribution in [0.3, 0.4) is 0 Å². The van der Waals surface area contributed by atoms with E-state index in [0.29, 0.717) is 0 Å². The molecule has 0 fully saturated rings. The maximum atomic E-state index is 11.6. The predicted octanol–water partition coefficient (Wildman–Crippen LogP) is 2.39. The van der Waals surface area contributed by atoms with Gasteiger partial charge >= 0.3 is 12.6 Å². The van der Waals surface area contributed by atoms with Crippen molar-refractivity contribution in [2.24, 2.45) is 0 Å². The average molecular weight is 246 g/mol. The van der Waals surface area contributed by atoms with Gasteiger partial charge in [-0.25, -0.2) is 9.97 Å². The third-order valence-corrected chi connectivity index (χ3v) is 2.05. The lowest BCUT2D eigenvalue weighted by Crippen LogP contribution is -2.14. The van der Waals surface area contributed by atoms with Crippen molar-refractivity contribution in [2.75, 3.05) is 13.2 Å². The van der Waals surface area contributed by atoms with Crippen LogP contribution in [0.2, 0.25) is 0 Å². The molecular formula is C11H16F2N2O2. The molecule has 0 saturated heterocycles. The summed E-state index contributed by atoms with van der Waals surface area (Å²) in [6.07, 6.45) is 3.33. The molecule has 1 aromatic heterocycles. The Kier molecular flexibility index (Phi) is 4.74. The van der Waals surface area contributed by atoms with Crippen LogP contribution in [-0.2, 0) is 10.2 Å². The van der Waals surface area contributed by atoms with Gasteiger partial charge in [0.1, 0.15) is 6.61 Å². The smallest absolute Gasteiger partial charge is 0.345 e. The molecule has 0 unspecified atom stereocenters. The van der Waals surface area contributed by atoms with Gasteiger partial charge in [-0.2, -0.15) is 8.78 Å². The number of ether oxygens (including phenoxy) is 2. The van der Waals surface area contributed by atoms with Crippen molar-refractivity contribution in [3.05, 3.63) is 18.0 Å². The Bertz CT molecular complexity index is 336. The zero-order valence-electron chi connectivity index (χ0n) is 10.1. The summed E-state index contributed by atoms with van der Waals surface area (Å²) in [6.45, 7) is 3.16. The molecule has 1 heterocycles. The number of rotatable bonds is 5. The molecule has 0 aromatic carbocycles. The molecule has 96 valence electrons. The van der Waals surface area contributed by atoms with Gasteiger partial charge in [-0.1, -0.05) is 20.8 Å². The number of alkyl halides is 2. The summed E-state index contributed by atoms with van der Waals surface area (Å²) in [5.41, 5.74) is 0.950. The minimum absolute atomic E-state index is 0.000789. The van der Waals surface area contributed by atoms with Crippen molar-refractivity contribution >= 4 is 0 Å². The van der Waals surface area contributed by atoms with Gasteiger partial charge in [0.15, 0.2) is 0 Å². The minimum Gasteiger partial charge on any atom is -0.461 e. The topological polar surface area (TPSA) is 44.2 Å². The van der Waals surface area contributed by atoms with Crippen LogP contribution < -0.4 is 4.74 Å². The van der Waals surface area contributed by atoms with Gasteiger partial charge in [-0.05, 0) is 11.0 Å². The van der Waals surface area contributed by atoms with Crippen molar-refractivity contribution < 1.29 is 18.3 Å². The van der Waals surface area contributed by atoms with E-state index in [2.05, 4.69) is 14.7 Å². The first kappa shape index (κ1) is 13.8. The standard InChI is InChI=1S/C11H16F2N2O2/c1-11(2,3)8-6-14-10(15-7-8)17-5-4-16-9(12)13/h6-7,9H,4-5H2,1-3H3. The second-order valence-corrected chi connectivity index (χ2v) is 4.48. The highest BCUT2D eigenvalue weighted by Gasteiger charge is 2.14. The molecule has 0 aliphatic rings. The molecule has 0 aliphatic heterocycles. The lowest BCUT2D eigenvalue weighted by atomic mass is 9.89. The van der Waals surface area contributed by atoms with E-state index in [1.165, 1.54) is 0 Å². The fraction of sp³-hybridized carbons (Fsp3) is 0.636. The first-order valence-corrected chi connectivity index (χ1v) is 5.24. The van der Waals surface area contributed by atoms with Gasteiger partial charge in [0.2, 0.25) is 0 Å². The summed E-state index contributed by atoms with van der Waals surface area (Å²) >= 11 is 0. The van der Waals surface area contributed by atoms with Crippen LogP contribution in [0.1, 0.15) is 26.3 Å². The van der Waals surface area contributed by atoms with Gasteiger partial charge in [0.25, 0.3) is 0 Å². The first-order valence-electron chi connectivity index (χ1n) is 5.24. The number of halogens is 2. The molecule has 0 saturated carbocycles. The van der Waals surface area contributed by atoms with Crippen LogP contribution in [0.25, 0.3) is 0 Å². The first-order chi connectivity index (χ1) is 7.89. The van der Waals surface area contributed by atoms with Gasteiger partial charge < -0.3 is 9.47 Å². The van der Waals surface area contributed by atoms with Crippen LogP contribution in [0.4, 0.5) is 8.78 Å². The number of nitrogens with zero attached hydrogens (tertiary/aromatic N) is 2. The molecule has 1 rings (SSSR count). The monoisotopic (exact) mass is 246 g/mol. The SMILES string of the molecule is CC(C)(C)c1cnc(OCCOC(F)F)nc1. The van der Waals surface area contributed by atoms with Crippen molar-refractivity contribution in [1.29, 1.82) is 0 Å². The zero-order chi connectivity index (χ0) is 12.9. The van der Waals surface area contributed by atoms with Crippen LogP contribution in [0.5, 0.6) is 6.01 Å². The summed E-state index contributed by atoms with van der Waals surface area (Å²) in [4.78, 5) is 7.97. The molecule has 0 bridgehead atoms. The van der Waals surface area contributed by atoms with Crippen molar-refractivity contribution in [3.63, 3.8) is 0 Å². The number of hydrogen-bond donors (Lipinski definition) is 0. The Hall–Kier alpha value is -1.30. The Morgan fingerprint density at radius 3 is 2.24 bits per heavy atom. The van der Waals surface area contributed by atoms with E-state index in [9.17, 15) is 8.78 Å². The van der Waals surface area contributed by atoms with E-state index in [1.54, 1.807) is 12.4 Å². The van der Waals surface area contributed by atoms with E-state index in [1.807, 2.05) is 20.8 Å². The second kappa shape index (κ2) is 5.86. The largest absolute Gasteiger partial charge is 0.461 e. The summed E-state index contributed by atoms with van der Waals surface area (Å²) in [5, 5.41) is 0. The maximum absolute atomic E-state index is 11.6. The molecule has 0 amide bonds. The third-order valence-electron chi connectivity index (χ3n) is 2.05. The van der Waals surface area contributed by atoms with Crippen molar-refractivity contribution in [3.8, 4) is 6.01 Å². The highest BCUT2D eigenvalue weighted by molar-refractivity contribution is 5.16. The van der Waals surface area contributed by atoms with Gasteiger partial charge in [0, 0.05) is 12.4 Å². The van der Waals surface area contributed by atoms with E-state index < -0.39 is 6.61 Å². The fourth-order valence-corrected chi connectivity index (χ4v) is 1.05. The van der Waals surface area contributed by atoms with E-state index in [4.69, 9.17) is 4.74 Å². The molecular weight excluding hydrogens is 230 g/mol. The second-order valence-electron chi connectivity index (χ2n) is 4.48. The normalized spacial score (nSPS) is 11.9. The molecule has 1 aromatic rings. The highest BCUT2D eigenvalue weighted by atomic mass is 19.3. The molecule has 0 radical (unpaired) electrons. The van der Waals surface area contributed by atoms with E-state index >= 15 is 0 Å². The van der Waals surface area contributed by atoms with Crippen LogP contribution >= 0.6 is 0 Å². The van der Waals surface area contributed by atoms with E-state index in [-0.39, 0.29) is 24.6 Å². The zero-order valence-corrected chi connectivity index (χ0v) is 10.1. The molecule has 0 aliphatic carbocycles. The average Bonchev–Trinajstić information content (AvgIpc) is 2.23. The molecule has 0 spiro atoms. The lowest BCUT2D eigenvalue weighted by Gasteiger charge is -2.17. The van der Waals surface area contributed by atoms with Crippen LogP contribution in [0, 0.1) is 0 Å². The predicted molar refractivity (Wildman–Crippen MR) is 58.2 cm³/mol. The summed E-state index contributed by atoms with van der Waals surface area (Å²) in [5.74, 6) is 0. The lowest BCUT2D eigenvalue weighted by molar-refractivity contribution is -0.133. The third kappa shape index (κ3) is 5.04. The van der Waals surface area contributed by atoms with Gasteiger partial charge in [-0.15, -0.1) is 0 Å². The summed E-state index contributed by atoms with van der Waals surface area (Å²) in [6, 6.07) is 0.163. The highest BCUT2D eigenvalue weighted by Crippen LogP contribution is 2.20. The molecule has 4 nitrogen and oxygen atoms in total. The molecule has 0 atom stereocenters. The molecule has 17 heavy (non-hydrogen) atoms. The molecule has 6 heteroatoms. The number of hydrogen-bond acceptors (Lipinski definition) is 4. The fourth-order valence-electron chi connectivity index (χ4n) is 1.05. The quantitative estimate of drug-likeness (QED) is 0.748.